The van der Waals surface area contributed by atoms with Crippen LogP contribution in [0.5, 0.6) is 5.75 Å². The first-order valence-corrected chi connectivity index (χ1v) is 7.45. The number of carbonyl (C=O) groups is 1. The lowest BCUT2D eigenvalue weighted by Crippen LogP contribution is -2.08. The second-order valence-electron chi connectivity index (χ2n) is 5.45. The van der Waals surface area contributed by atoms with Gasteiger partial charge in [0.05, 0.1) is 25.1 Å². The van der Waals surface area contributed by atoms with E-state index in [1.807, 2.05) is 24.3 Å². The Labute approximate surface area is 130 Å². The van der Waals surface area contributed by atoms with Crippen molar-refractivity contribution in [2.24, 2.45) is 5.92 Å². The zero-order chi connectivity index (χ0) is 16.1. The Bertz CT molecular complexity index is 647. The Balaban J connectivity index is 2.41. The Hall–Kier alpha value is -2.30. The van der Waals surface area contributed by atoms with Crippen molar-refractivity contribution in [1.29, 1.82) is 0 Å². The summed E-state index contributed by atoms with van der Waals surface area (Å²) in [6.45, 7) is 6.34. The number of methoxy groups -OCH3 is 1. The van der Waals surface area contributed by atoms with E-state index < -0.39 is 0 Å². The lowest BCUT2D eigenvalue weighted by atomic mass is 10.1. The van der Waals surface area contributed by atoms with Crippen LogP contribution in [0.25, 0.3) is 5.69 Å². The van der Waals surface area contributed by atoms with Crippen molar-refractivity contribution in [3.8, 4) is 11.4 Å². The molecule has 5 heteroatoms. The quantitative estimate of drug-likeness (QED) is 0.769. The van der Waals surface area contributed by atoms with Gasteiger partial charge in [0.1, 0.15) is 11.3 Å². The standard InChI is InChI=1S/C17H22N2O3/c1-5-22-17(20)15-11-19(18-16(15)9-12(2)3)13-7-6-8-14(10-13)21-4/h6-8,10-12H,5,9H2,1-4H3. The maximum absolute atomic E-state index is 12.1. The molecular formula is C17H22N2O3. The zero-order valence-corrected chi connectivity index (χ0v) is 13.5. The molecule has 0 aliphatic carbocycles. The summed E-state index contributed by atoms with van der Waals surface area (Å²) in [5, 5.41) is 4.56. The third kappa shape index (κ3) is 3.67. The Morgan fingerprint density at radius 3 is 2.77 bits per heavy atom. The van der Waals surface area contributed by atoms with Gasteiger partial charge in [-0.3, -0.25) is 0 Å². The van der Waals surface area contributed by atoms with E-state index in [0.29, 0.717) is 18.1 Å². The molecule has 0 amide bonds. The van der Waals surface area contributed by atoms with Crippen LogP contribution in [0, 0.1) is 5.92 Å². The molecule has 1 heterocycles. The minimum absolute atomic E-state index is 0.327. The lowest BCUT2D eigenvalue weighted by Gasteiger charge is -2.05. The van der Waals surface area contributed by atoms with Gasteiger partial charge in [-0.25, -0.2) is 9.48 Å². The molecular weight excluding hydrogens is 280 g/mol. The summed E-state index contributed by atoms with van der Waals surface area (Å²) in [6, 6.07) is 7.56. The van der Waals surface area contributed by atoms with Crippen molar-refractivity contribution in [2.75, 3.05) is 13.7 Å². The number of hydrogen-bond acceptors (Lipinski definition) is 4. The topological polar surface area (TPSA) is 53.4 Å². The number of esters is 1. The number of carbonyl (C=O) groups excluding carboxylic acids is 1. The molecule has 0 N–H and O–H groups in total. The summed E-state index contributed by atoms with van der Waals surface area (Å²) in [5.74, 6) is 0.824. The maximum Gasteiger partial charge on any atom is 0.341 e. The van der Waals surface area contributed by atoms with Crippen molar-refractivity contribution in [3.63, 3.8) is 0 Å². The van der Waals surface area contributed by atoms with Gasteiger partial charge in [-0.1, -0.05) is 19.9 Å². The molecule has 0 atom stereocenters. The molecule has 0 fully saturated rings. The fourth-order valence-electron chi connectivity index (χ4n) is 2.21. The molecule has 2 rings (SSSR count). The molecule has 1 aromatic heterocycles. The van der Waals surface area contributed by atoms with Gasteiger partial charge in [-0.05, 0) is 31.4 Å². The van der Waals surface area contributed by atoms with Crippen LogP contribution in [0.15, 0.2) is 30.5 Å². The average molecular weight is 302 g/mol. The summed E-state index contributed by atoms with van der Waals surface area (Å²) in [5.41, 5.74) is 2.13. The predicted molar refractivity (Wildman–Crippen MR) is 84.6 cm³/mol. The van der Waals surface area contributed by atoms with E-state index in [4.69, 9.17) is 9.47 Å². The van der Waals surface area contributed by atoms with Gasteiger partial charge in [0, 0.05) is 12.3 Å². The average Bonchev–Trinajstić information content (AvgIpc) is 2.91. The highest BCUT2D eigenvalue weighted by atomic mass is 16.5. The predicted octanol–water partition coefficient (Wildman–Crippen LogP) is 3.26. The van der Waals surface area contributed by atoms with Crippen LogP contribution in [0.4, 0.5) is 0 Å². The number of aromatic nitrogens is 2. The van der Waals surface area contributed by atoms with Gasteiger partial charge in [0.2, 0.25) is 0 Å². The van der Waals surface area contributed by atoms with Gasteiger partial charge in [0.25, 0.3) is 0 Å². The van der Waals surface area contributed by atoms with Crippen LogP contribution in [0.3, 0.4) is 0 Å². The fourth-order valence-corrected chi connectivity index (χ4v) is 2.21. The molecule has 0 spiro atoms. The highest BCUT2D eigenvalue weighted by Crippen LogP contribution is 2.20. The summed E-state index contributed by atoms with van der Waals surface area (Å²) in [4.78, 5) is 12.1. The number of rotatable bonds is 6. The van der Waals surface area contributed by atoms with E-state index in [0.717, 1.165) is 23.6 Å². The number of ether oxygens (including phenoxy) is 2. The third-order valence-corrected chi connectivity index (χ3v) is 3.21. The van der Waals surface area contributed by atoms with Crippen LogP contribution >= 0.6 is 0 Å². The first-order valence-electron chi connectivity index (χ1n) is 7.45. The molecule has 2 aromatic rings. The molecule has 0 saturated carbocycles. The van der Waals surface area contributed by atoms with Crippen LogP contribution < -0.4 is 4.74 Å². The molecule has 0 bridgehead atoms. The van der Waals surface area contributed by atoms with E-state index in [1.54, 1.807) is 24.9 Å². The van der Waals surface area contributed by atoms with Crippen LogP contribution in [0.1, 0.15) is 36.8 Å². The number of benzene rings is 1. The van der Waals surface area contributed by atoms with Crippen LogP contribution in [0.2, 0.25) is 0 Å². The van der Waals surface area contributed by atoms with E-state index in [2.05, 4.69) is 18.9 Å². The molecule has 1 aromatic carbocycles. The first-order chi connectivity index (χ1) is 10.5. The van der Waals surface area contributed by atoms with Gasteiger partial charge in [0.15, 0.2) is 0 Å². The minimum Gasteiger partial charge on any atom is -0.497 e. The summed E-state index contributed by atoms with van der Waals surface area (Å²) in [6.07, 6.45) is 2.45. The maximum atomic E-state index is 12.1. The Kier molecular flexibility index (Phi) is 5.20. The molecule has 22 heavy (non-hydrogen) atoms. The lowest BCUT2D eigenvalue weighted by molar-refractivity contribution is 0.0525. The molecule has 0 aliphatic rings. The monoisotopic (exact) mass is 302 g/mol. The first kappa shape index (κ1) is 16.1. The number of nitrogens with zero attached hydrogens (tertiary/aromatic N) is 2. The van der Waals surface area contributed by atoms with Crippen molar-refractivity contribution in [1.82, 2.24) is 9.78 Å². The fraction of sp³-hybridized carbons (Fsp3) is 0.412. The van der Waals surface area contributed by atoms with Crippen molar-refractivity contribution >= 4 is 5.97 Å². The number of hydrogen-bond donors (Lipinski definition) is 0. The second kappa shape index (κ2) is 7.11. The second-order valence-corrected chi connectivity index (χ2v) is 5.45. The largest absolute Gasteiger partial charge is 0.497 e. The van der Waals surface area contributed by atoms with Crippen molar-refractivity contribution in [2.45, 2.75) is 27.2 Å². The van der Waals surface area contributed by atoms with E-state index in [1.165, 1.54) is 0 Å². The molecule has 5 nitrogen and oxygen atoms in total. The van der Waals surface area contributed by atoms with E-state index in [-0.39, 0.29) is 5.97 Å². The van der Waals surface area contributed by atoms with E-state index >= 15 is 0 Å². The van der Waals surface area contributed by atoms with Crippen molar-refractivity contribution in [3.05, 3.63) is 41.7 Å². The van der Waals surface area contributed by atoms with Crippen LogP contribution in [-0.2, 0) is 11.2 Å². The summed E-state index contributed by atoms with van der Waals surface area (Å²) in [7, 11) is 1.62. The van der Waals surface area contributed by atoms with Gasteiger partial charge >= 0.3 is 5.97 Å². The van der Waals surface area contributed by atoms with E-state index in [9.17, 15) is 4.79 Å². The highest BCUT2D eigenvalue weighted by molar-refractivity contribution is 5.90. The minimum atomic E-state index is -0.327. The molecule has 118 valence electrons. The third-order valence-electron chi connectivity index (χ3n) is 3.21. The van der Waals surface area contributed by atoms with Crippen molar-refractivity contribution < 1.29 is 14.3 Å². The van der Waals surface area contributed by atoms with Gasteiger partial charge < -0.3 is 9.47 Å². The molecule has 0 unspecified atom stereocenters. The van der Waals surface area contributed by atoms with Gasteiger partial charge in [-0.2, -0.15) is 5.10 Å². The Morgan fingerprint density at radius 1 is 1.36 bits per heavy atom. The van der Waals surface area contributed by atoms with Gasteiger partial charge in [-0.15, -0.1) is 0 Å². The Morgan fingerprint density at radius 2 is 2.14 bits per heavy atom. The zero-order valence-electron chi connectivity index (χ0n) is 13.5. The molecule has 0 radical (unpaired) electrons. The molecule has 0 saturated heterocycles. The van der Waals surface area contributed by atoms with Crippen LogP contribution in [-0.4, -0.2) is 29.5 Å². The smallest absolute Gasteiger partial charge is 0.341 e. The summed E-state index contributed by atoms with van der Waals surface area (Å²) >= 11 is 0. The summed E-state index contributed by atoms with van der Waals surface area (Å²) < 4.78 is 12.1. The highest BCUT2D eigenvalue weighted by Gasteiger charge is 2.19. The SMILES string of the molecule is CCOC(=O)c1cn(-c2cccc(OC)c2)nc1CC(C)C. The normalized spacial score (nSPS) is 10.8. The molecule has 0 aliphatic heterocycles.